The number of hydrogen-bond donors (Lipinski definition) is 2. The molecule has 3 N–H and O–H groups in total. The van der Waals surface area contributed by atoms with Crippen LogP contribution in [0.3, 0.4) is 0 Å². The molecule has 5 heteroatoms. The van der Waals surface area contributed by atoms with Crippen LogP contribution in [0.15, 0.2) is 46.0 Å². The zero-order chi connectivity index (χ0) is 13.7. The van der Waals surface area contributed by atoms with Crippen molar-refractivity contribution in [2.24, 2.45) is 10.7 Å². The predicted molar refractivity (Wildman–Crippen MR) is 93.6 cm³/mol. The third kappa shape index (κ3) is 4.56. The van der Waals surface area contributed by atoms with Gasteiger partial charge in [-0.1, -0.05) is 19.1 Å². The lowest BCUT2D eigenvalue weighted by molar-refractivity contribution is 0.510. The third-order valence-corrected chi connectivity index (χ3v) is 2.97. The molecule has 0 amide bonds. The van der Waals surface area contributed by atoms with Crippen molar-refractivity contribution in [1.82, 2.24) is 0 Å². The Kier molecular flexibility index (Phi) is 6.57. The Labute approximate surface area is 136 Å². The summed E-state index contributed by atoms with van der Waals surface area (Å²) in [5.41, 5.74) is 9.17. The molecule has 0 unspecified atom stereocenters. The summed E-state index contributed by atoms with van der Waals surface area (Å²) in [5, 5.41) is 3.08. The maximum Gasteiger partial charge on any atom is 0.193 e. The van der Waals surface area contributed by atoms with Crippen LogP contribution in [0, 0.1) is 6.92 Å². The van der Waals surface area contributed by atoms with Crippen molar-refractivity contribution in [3.8, 4) is 0 Å². The van der Waals surface area contributed by atoms with Crippen LogP contribution in [0.1, 0.15) is 23.8 Å². The van der Waals surface area contributed by atoms with Gasteiger partial charge in [-0.2, -0.15) is 0 Å². The summed E-state index contributed by atoms with van der Waals surface area (Å²) in [6.45, 7) is 4.56. The highest BCUT2D eigenvalue weighted by Gasteiger charge is 2.01. The number of guanidine groups is 1. The Bertz CT molecular complexity index is 578. The molecule has 0 bridgehead atoms. The molecule has 1 heterocycles. The summed E-state index contributed by atoms with van der Waals surface area (Å²) in [5.74, 6) is 1.23. The number of nitrogens with zero attached hydrogens (tertiary/aromatic N) is 1. The molecule has 2 rings (SSSR count). The highest BCUT2D eigenvalue weighted by atomic mass is 127. The van der Waals surface area contributed by atoms with Gasteiger partial charge in [-0.25, -0.2) is 4.99 Å². The van der Waals surface area contributed by atoms with E-state index in [4.69, 9.17) is 10.2 Å². The second kappa shape index (κ2) is 7.94. The van der Waals surface area contributed by atoms with E-state index in [-0.39, 0.29) is 24.0 Å². The van der Waals surface area contributed by atoms with E-state index < -0.39 is 0 Å². The summed E-state index contributed by atoms with van der Waals surface area (Å²) in [6.07, 6.45) is 2.66. The molecule has 0 atom stereocenters. The average molecular weight is 385 g/mol. The van der Waals surface area contributed by atoms with Crippen LogP contribution in [-0.2, 0) is 13.0 Å². The van der Waals surface area contributed by atoms with Crippen LogP contribution < -0.4 is 11.1 Å². The Morgan fingerprint density at radius 3 is 2.80 bits per heavy atom. The highest BCUT2D eigenvalue weighted by Crippen LogP contribution is 2.12. The van der Waals surface area contributed by atoms with Gasteiger partial charge in [-0.15, -0.1) is 24.0 Å². The Balaban J connectivity index is 0.00000200. The quantitative estimate of drug-likeness (QED) is 0.479. The SMILES string of the molecule is CCc1cccc(NC(N)=NCc2occc2C)c1.I. The molecule has 0 saturated heterocycles. The fourth-order valence-electron chi connectivity index (χ4n) is 1.78. The van der Waals surface area contributed by atoms with E-state index in [1.807, 2.05) is 25.1 Å². The summed E-state index contributed by atoms with van der Waals surface area (Å²) < 4.78 is 5.31. The van der Waals surface area contributed by atoms with Gasteiger partial charge in [0.15, 0.2) is 5.96 Å². The van der Waals surface area contributed by atoms with E-state index in [0.29, 0.717) is 12.5 Å². The number of rotatable bonds is 4. The molecule has 20 heavy (non-hydrogen) atoms. The number of aliphatic imine (C=N–C) groups is 1. The summed E-state index contributed by atoms with van der Waals surface area (Å²) in [6, 6.07) is 10.1. The molecule has 0 spiro atoms. The molecule has 0 radical (unpaired) electrons. The van der Waals surface area contributed by atoms with Gasteiger partial charge in [0.25, 0.3) is 0 Å². The van der Waals surface area contributed by atoms with Crippen molar-refractivity contribution >= 4 is 35.6 Å². The Hall–Kier alpha value is -1.50. The molecule has 0 saturated carbocycles. The Morgan fingerprint density at radius 1 is 1.35 bits per heavy atom. The zero-order valence-electron chi connectivity index (χ0n) is 11.7. The van der Waals surface area contributed by atoms with Gasteiger partial charge in [-0.05, 0) is 42.7 Å². The van der Waals surface area contributed by atoms with Gasteiger partial charge >= 0.3 is 0 Å². The van der Waals surface area contributed by atoms with Gasteiger partial charge in [0.1, 0.15) is 12.3 Å². The normalized spacial score (nSPS) is 11.0. The van der Waals surface area contributed by atoms with Crippen molar-refractivity contribution in [2.45, 2.75) is 26.8 Å². The third-order valence-electron chi connectivity index (χ3n) is 2.97. The largest absolute Gasteiger partial charge is 0.467 e. The van der Waals surface area contributed by atoms with Crippen LogP contribution in [0.25, 0.3) is 0 Å². The minimum Gasteiger partial charge on any atom is -0.467 e. The first-order valence-corrected chi connectivity index (χ1v) is 6.38. The standard InChI is InChI=1S/C15H19N3O.HI/c1-3-12-5-4-6-13(9-12)18-15(16)17-10-14-11(2)7-8-19-14;/h4-9H,3,10H2,1-2H3,(H3,16,17,18);1H. The number of anilines is 1. The van der Waals surface area contributed by atoms with Crippen LogP contribution in [0.5, 0.6) is 0 Å². The lowest BCUT2D eigenvalue weighted by atomic mass is 10.1. The minimum atomic E-state index is 0. The van der Waals surface area contributed by atoms with Crippen molar-refractivity contribution in [3.05, 3.63) is 53.5 Å². The average Bonchev–Trinajstić information content (AvgIpc) is 2.82. The molecule has 4 nitrogen and oxygen atoms in total. The summed E-state index contributed by atoms with van der Waals surface area (Å²) in [7, 11) is 0. The highest BCUT2D eigenvalue weighted by molar-refractivity contribution is 14.0. The lowest BCUT2D eigenvalue weighted by Gasteiger charge is -2.06. The van der Waals surface area contributed by atoms with Crippen LogP contribution in [0.4, 0.5) is 5.69 Å². The van der Waals surface area contributed by atoms with E-state index in [0.717, 1.165) is 23.4 Å². The summed E-state index contributed by atoms with van der Waals surface area (Å²) >= 11 is 0. The van der Waals surface area contributed by atoms with Gasteiger partial charge in [0, 0.05) is 5.69 Å². The molecule has 0 fully saturated rings. The van der Waals surface area contributed by atoms with E-state index in [1.54, 1.807) is 6.26 Å². The number of hydrogen-bond acceptors (Lipinski definition) is 2. The van der Waals surface area contributed by atoms with Crippen molar-refractivity contribution in [2.75, 3.05) is 5.32 Å². The number of aryl methyl sites for hydroxylation is 2. The lowest BCUT2D eigenvalue weighted by Crippen LogP contribution is -2.22. The molecular weight excluding hydrogens is 365 g/mol. The van der Waals surface area contributed by atoms with E-state index in [9.17, 15) is 0 Å². The van der Waals surface area contributed by atoms with Gasteiger partial charge in [0.2, 0.25) is 0 Å². The molecule has 2 aromatic rings. The molecule has 0 aliphatic rings. The fraction of sp³-hybridized carbons (Fsp3) is 0.267. The maximum absolute atomic E-state index is 5.86. The van der Waals surface area contributed by atoms with Crippen LogP contribution >= 0.6 is 24.0 Å². The topological polar surface area (TPSA) is 63.5 Å². The molecule has 108 valence electrons. The summed E-state index contributed by atoms with van der Waals surface area (Å²) in [4.78, 5) is 4.27. The number of nitrogens with two attached hydrogens (primary N) is 1. The molecule has 0 aliphatic heterocycles. The maximum atomic E-state index is 5.86. The van der Waals surface area contributed by atoms with Crippen molar-refractivity contribution in [1.29, 1.82) is 0 Å². The van der Waals surface area contributed by atoms with E-state index >= 15 is 0 Å². The monoisotopic (exact) mass is 385 g/mol. The number of nitrogens with one attached hydrogen (secondary N) is 1. The van der Waals surface area contributed by atoms with E-state index in [2.05, 4.69) is 29.4 Å². The number of benzene rings is 1. The first-order chi connectivity index (χ1) is 9.19. The predicted octanol–water partition coefficient (Wildman–Crippen LogP) is 3.70. The zero-order valence-corrected chi connectivity index (χ0v) is 14.0. The molecule has 0 aliphatic carbocycles. The van der Waals surface area contributed by atoms with Crippen molar-refractivity contribution in [3.63, 3.8) is 0 Å². The van der Waals surface area contributed by atoms with Gasteiger partial charge in [0.05, 0.1) is 6.26 Å². The van der Waals surface area contributed by atoms with Gasteiger partial charge in [-0.3, -0.25) is 0 Å². The second-order valence-corrected chi connectivity index (χ2v) is 4.41. The van der Waals surface area contributed by atoms with Gasteiger partial charge < -0.3 is 15.5 Å². The molecular formula is C15H20IN3O. The first kappa shape index (κ1) is 16.6. The van der Waals surface area contributed by atoms with E-state index in [1.165, 1.54) is 5.56 Å². The minimum absolute atomic E-state index is 0. The Morgan fingerprint density at radius 2 is 2.15 bits per heavy atom. The van der Waals surface area contributed by atoms with Crippen LogP contribution in [-0.4, -0.2) is 5.96 Å². The molecule has 1 aromatic heterocycles. The fourth-order valence-corrected chi connectivity index (χ4v) is 1.78. The number of halogens is 1. The first-order valence-electron chi connectivity index (χ1n) is 6.38. The number of furan rings is 1. The van der Waals surface area contributed by atoms with Crippen molar-refractivity contribution < 1.29 is 4.42 Å². The second-order valence-electron chi connectivity index (χ2n) is 4.41. The smallest absolute Gasteiger partial charge is 0.193 e. The molecule has 1 aromatic carbocycles. The van der Waals surface area contributed by atoms with Crippen LogP contribution in [0.2, 0.25) is 0 Å².